The van der Waals surface area contributed by atoms with E-state index in [9.17, 15) is 9.59 Å². The van der Waals surface area contributed by atoms with E-state index in [0.29, 0.717) is 26.2 Å². The fourth-order valence-electron chi connectivity index (χ4n) is 3.60. The van der Waals surface area contributed by atoms with Crippen LogP contribution in [0.15, 0.2) is 18.2 Å². The Balaban J connectivity index is 1.29. The molecule has 2 amide bonds. The van der Waals surface area contributed by atoms with Gasteiger partial charge >= 0.3 is 11.8 Å². The molecule has 2 fully saturated rings. The molecule has 25 heavy (non-hydrogen) atoms. The summed E-state index contributed by atoms with van der Waals surface area (Å²) in [7, 11) is 0. The van der Waals surface area contributed by atoms with Gasteiger partial charge in [-0.05, 0) is 30.5 Å². The van der Waals surface area contributed by atoms with Crippen molar-refractivity contribution in [1.29, 1.82) is 0 Å². The third kappa shape index (κ3) is 3.42. The smallest absolute Gasteiger partial charge is 0.312 e. The molecule has 0 saturated carbocycles. The van der Waals surface area contributed by atoms with Crippen LogP contribution in [0.5, 0.6) is 11.5 Å². The fourth-order valence-corrected chi connectivity index (χ4v) is 3.60. The first-order valence-electron chi connectivity index (χ1n) is 8.90. The van der Waals surface area contributed by atoms with Crippen molar-refractivity contribution in [2.24, 2.45) is 0 Å². The second-order valence-electron chi connectivity index (χ2n) is 6.76. The van der Waals surface area contributed by atoms with Gasteiger partial charge in [-0.15, -0.1) is 0 Å². The van der Waals surface area contributed by atoms with E-state index in [0.717, 1.165) is 49.5 Å². The van der Waals surface area contributed by atoms with Crippen molar-refractivity contribution in [3.05, 3.63) is 23.8 Å². The Kier molecular flexibility index (Phi) is 4.48. The van der Waals surface area contributed by atoms with Gasteiger partial charge in [0.2, 0.25) is 6.79 Å². The molecule has 0 radical (unpaired) electrons. The summed E-state index contributed by atoms with van der Waals surface area (Å²) >= 11 is 0. The van der Waals surface area contributed by atoms with Crippen LogP contribution in [0.25, 0.3) is 0 Å². The number of carbonyl (C=O) groups excluding carboxylic acids is 2. The summed E-state index contributed by atoms with van der Waals surface area (Å²) in [5.74, 6) is 0.911. The molecule has 4 rings (SSSR count). The molecule has 7 heteroatoms. The minimum Gasteiger partial charge on any atom is -0.454 e. The number of ether oxygens (including phenoxy) is 2. The molecule has 0 unspecified atom stereocenters. The molecule has 1 aromatic rings. The summed E-state index contributed by atoms with van der Waals surface area (Å²) in [4.78, 5) is 30.3. The van der Waals surface area contributed by atoms with Gasteiger partial charge < -0.3 is 19.3 Å². The molecule has 0 aromatic heterocycles. The number of amides is 2. The van der Waals surface area contributed by atoms with Crippen molar-refractivity contribution < 1.29 is 19.1 Å². The SMILES string of the molecule is O=C(C(=O)N1CCN(Cc2ccc3c(c2)OCO3)CC1)N1CCCC1. The largest absolute Gasteiger partial charge is 0.454 e. The predicted octanol–water partition coefficient (Wildman–Crippen LogP) is 0.682. The maximum atomic E-state index is 12.4. The first-order chi connectivity index (χ1) is 12.2. The molecule has 0 spiro atoms. The summed E-state index contributed by atoms with van der Waals surface area (Å²) in [5.41, 5.74) is 1.16. The lowest BCUT2D eigenvalue weighted by Gasteiger charge is -2.35. The second-order valence-corrected chi connectivity index (χ2v) is 6.76. The van der Waals surface area contributed by atoms with Crippen LogP contribution in [0.1, 0.15) is 18.4 Å². The van der Waals surface area contributed by atoms with Crippen LogP contribution in [0.2, 0.25) is 0 Å². The molecule has 3 aliphatic rings. The van der Waals surface area contributed by atoms with Crippen LogP contribution in [0, 0.1) is 0 Å². The van der Waals surface area contributed by atoms with Crippen molar-refractivity contribution in [3.8, 4) is 11.5 Å². The summed E-state index contributed by atoms with van der Waals surface area (Å²) in [5, 5.41) is 0. The van der Waals surface area contributed by atoms with Crippen LogP contribution < -0.4 is 9.47 Å². The molecule has 3 aliphatic heterocycles. The van der Waals surface area contributed by atoms with Gasteiger partial charge in [0.05, 0.1) is 0 Å². The van der Waals surface area contributed by atoms with Crippen molar-refractivity contribution in [2.45, 2.75) is 19.4 Å². The normalized spacial score (nSPS) is 20.2. The number of fused-ring (bicyclic) bond motifs is 1. The summed E-state index contributed by atoms with van der Waals surface area (Å²) < 4.78 is 10.7. The zero-order valence-electron chi connectivity index (χ0n) is 14.3. The fraction of sp³-hybridized carbons (Fsp3) is 0.556. The van der Waals surface area contributed by atoms with Crippen LogP contribution in [0.3, 0.4) is 0 Å². The first kappa shape index (κ1) is 16.2. The number of piperazine rings is 1. The van der Waals surface area contributed by atoms with Gasteiger partial charge in [0, 0.05) is 45.8 Å². The number of hydrogen-bond acceptors (Lipinski definition) is 5. The van der Waals surface area contributed by atoms with E-state index in [1.54, 1.807) is 9.80 Å². The molecular weight excluding hydrogens is 322 g/mol. The molecule has 0 bridgehead atoms. The zero-order chi connectivity index (χ0) is 17.2. The van der Waals surface area contributed by atoms with E-state index in [1.165, 1.54) is 0 Å². The van der Waals surface area contributed by atoms with E-state index >= 15 is 0 Å². The number of likely N-dealkylation sites (tertiary alicyclic amines) is 1. The molecule has 134 valence electrons. The third-order valence-corrected chi connectivity index (χ3v) is 5.08. The first-order valence-corrected chi connectivity index (χ1v) is 8.90. The van der Waals surface area contributed by atoms with Crippen molar-refractivity contribution in [2.75, 3.05) is 46.1 Å². The zero-order valence-corrected chi connectivity index (χ0v) is 14.3. The highest BCUT2D eigenvalue weighted by molar-refractivity contribution is 6.34. The highest BCUT2D eigenvalue weighted by Crippen LogP contribution is 2.32. The van der Waals surface area contributed by atoms with Gasteiger partial charge in [0.25, 0.3) is 0 Å². The molecule has 3 heterocycles. The van der Waals surface area contributed by atoms with Gasteiger partial charge in [-0.2, -0.15) is 0 Å². The second kappa shape index (κ2) is 6.92. The van der Waals surface area contributed by atoms with Gasteiger partial charge in [0.1, 0.15) is 0 Å². The third-order valence-electron chi connectivity index (χ3n) is 5.08. The Morgan fingerprint density at radius 2 is 1.48 bits per heavy atom. The Labute approximate surface area is 147 Å². The van der Waals surface area contributed by atoms with Crippen molar-refractivity contribution in [3.63, 3.8) is 0 Å². The van der Waals surface area contributed by atoms with Gasteiger partial charge in [0.15, 0.2) is 11.5 Å². The highest BCUT2D eigenvalue weighted by atomic mass is 16.7. The average molecular weight is 345 g/mol. The molecule has 2 saturated heterocycles. The molecular formula is C18H23N3O4. The lowest BCUT2D eigenvalue weighted by Crippen LogP contribution is -2.52. The van der Waals surface area contributed by atoms with Crippen molar-refractivity contribution in [1.82, 2.24) is 14.7 Å². The summed E-state index contributed by atoms with van der Waals surface area (Å²) in [6.07, 6.45) is 2.00. The molecule has 1 aromatic carbocycles. The Morgan fingerprint density at radius 1 is 0.840 bits per heavy atom. The lowest BCUT2D eigenvalue weighted by molar-refractivity contribution is -0.152. The predicted molar refractivity (Wildman–Crippen MR) is 90.2 cm³/mol. The standard InChI is InChI=1S/C18H23N3O4/c22-17(20-5-1-2-6-20)18(23)21-9-7-19(8-10-21)12-14-3-4-15-16(11-14)25-13-24-15/h3-4,11H,1-2,5-10,12-13H2. The molecule has 0 atom stereocenters. The number of carbonyl (C=O) groups is 2. The topological polar surface area (TPSA) is 62.3 Å². The van der Waals surface area contributed by atoms with Crippen LogP contribution >= 0.6 is 0 Å². The lowest BCUT2D eigenvalue weighted by atomic mass is 10.1. The maximum Gasteiger partial charge on any atom is 0.312 e. The summed E-state index contributed by atoms with van der Waals surface area (Å²) in [6.45, 7) is 5.26. The number of rotatable bonds is 2. The minimum absolute atomic E-state index is 0.282. The van der Waals surface area contributed by atoms with Crippen LogP contribution in [0.4, 0.5) is 0 Å². The monoisotopic (exact) mass is 345 g/mol. The Bertz CT molecular complexity index is 664. The number of hydrogen-bond donors (Lipinski definition) is 0. The van der Waals surface area contributed by atoms with E-state index in [2.05, 4.69) is 4.90 Å². The summed E-state index contributed by atoms with van der Waals surface area (Å²) in [6, 6.07) is 5.99. The number of benzene rings is 1. The quantitative estimate of drug-likeness (QED) is 0.738. The Morgan fingerprint density at radius 3 is 2.20 bits per heavy atom. The average Bonchev–Trinajstić information content (AvgIpc) is 3.32. The minimum atomic E-state index is -0.343. The highest BCUT2D eigenvalue weighted by Gasteiger charge is 2.30. The van der Waals surface area contributed by atoms with E-state index < -0.39 is 0 Å². The van der Waals surface area contributed by atoms with Crippen LogP contribution in [-0.4, -0.2) is 72.6 Å². The van der Waals surface area contributed by atoms with Gasteiger partial charge in [-0.25, -0.2) is 0 Å². The van der Waals surface area contributed by atoms with Gasteiger partial charge in [-0.3, -0.25) is 14.5 Å². The molecule has 0 N–H and O–H groups in total. The van der Waals surface area contributed by atoms with Crippen LogP contribution in [-0.2, 0) is 16.1 Å². The maximum absolute atomic E-state index is 12.4. The van der Waals surface area contributed by atoms with Crippen molar-refractivity contribution >= 4 is 11.8 Å². The van der Waals surface area contributed by atoms with E-state index in [-0.39, 0.29) is 18.6 Å². The number of nitrogens with zero attached hydrogens (tertiary/aromatic N) is 3. The molecule has 7 nitrogen and oxygen atoms in total. The molecule has 0 aliphatic carbocycles. The van der Waals surface area contributed by atoms with E-state index in [1.807, 2.05) is 18.2 Å². The Hall–Kier alpha value is -2.28. The van der Waals surface area contributed by atoms with Gasteiger partial charge in [-0.1, -0.05) is 6.07 Å². The van der Waals surface area contributed by atoms with E-state index in [4.69, 9.17) is 9.47 Å².